The Morgan fingerprint density at radius 1 is 1.11 bits per heavy atom. The highest BCUT2D eigenvalue weighted by molar-refractivity contribution is 6.17. The zero-order valence-corrected chi connectivity index (χ0v) is 10.1. The third-order valence-electron chi connectivity index (χ3n) is 2.79. The van der Waals surface area contributed by atoms with Crippen LogP contribution in [0.2, 0.25) is 0 Å². The third-order valence-corrected chi connectivity index (χ3v) is 2.79. The van der Waals surface area contributed by atoms with Gasteiger partial charge in [0.25, 0.3) is 0 Å². The van der Waals surface area contributed by atoms with E-state index in [0.29, 0.717) is 13.0 Å². The second kappa shape index (κ2) is 5.44. The Morgan fingerprint density at radius 2 is 1.72 bits per heavy atom. The molecule has 0 unspecified atom stereocenters. The summed E-state index contributed by atoms with van der Waals surface area (Å²) < 4.78 is 0. The summed E-state index contributed by atoms with van der Waals surface area (Å²) in [6, 6.07) is 9.63. The minimum absolute atomic E-state index is 0.235. The van der Waals surface area contributed by atoms with Crippen LogP contribution in [0.1, 0.15) is 18.9 Å². The molecule has 1 aromatic rings. The summed E-state index contributed by atoms with van der Waals surface area (Å²) in [4.78, 5) is 27.4. The molecule has 0 aliphatic carbocycles. The molecule has 1 saturated heterocycles. The molecule has 18 heavy (non-hydrogen) atoms. The fraction of sp³-hybridized carbons (Fsp3) is 0.308. The summed E-state index contributed by atoms with van der Waals surface area (Å²) in [5.41, 5.74) is 1.02. The minimum atomic E-state index is -0.610. The van der Waals surface area contributed by atoms with Crippen molar-refractivity contribution in [3.8, 4) is 0 Å². The number of nitrogens with zero attached hydrogens (tertiary/aromatic N) is 1. The highest BCUT2D eigenvalue weighted by Gasteiger charge is 2.31. The molecule has 0 saturated carbocycles. The number of aliphatic imine (C=N–C) groups is 1. The number of guanidine groups is 1. The number of amides is 2. The van der Waals surface area contributed by atoms with Crippen molar-refractivity contribution in [2.45, 2.75) is 19.9 Å². The van der Waals surface area contributed by atoms with E-state index in [9.17, 15) is 9.59 Å². The minimum Gasteiger partial charge on any atom is -0.296 e. The lowest BCUT2D eigenvalue weighted by atomic mass is 10.0. The predicted molar refractivity (Wildman–Crippen MR) is 67.6 cm³/mol. The Balaban J connectivity index is 2.03. The molecule has 0 bridgehead atoms. The topological polar surface area (TPSA) is 70.6 Å². The maximum Gasteiger partial charge on any atom is 0.239 e. The number of rotatable bonds is 3. The molecular weight excluding hydrogens is 230 g/mol. The van der Waals surface area contributed by atoms with Crippen molar-refractivity contribution in [3.05, 3.63) is 35.9 Å². The van der Waals surface area contributed by atoms with Crippen molar-refractivity contribution in [1.82, 2.24) is 10.6 Å². The molecule has 1 fully saturated rings. The van der Waals surface area contributed by atoms with Crippen LogP contribution in [-0.4, -0.2) is 17.8 Å². The van der Waals surface area contributed by atoms with Crippen LogP contribution in [0.15, 0.2) is 35.3 Å². The van der Waals surface area contributed by atoms with E-state index < -0.39 is 5.92 Å². The number of hydrogen-bond acceptors (Lipinski definition) is 3. The molecule has 5 nitrogen and oxygen atoms in total. The first-order valence-corrected chi connectivity index (χ1v) is 5.91. The first-order chi connectivity index (χ1) is 8.70. The van der Waals surface area contributed by atoms with Gasteiger partial charge in [0.1, 0.15) is 5.92 Å². The molecule has 1 heterocycles. The van der Waals surface area contributed by atoms with Gasteiger partial charge in [-0.3, -0.25) is 20.2 Å². The van der Waals surface area contributed by atoms with Crippen molar-refractivity contribution in [3.63, 3.8) is 0 Å². The SMILES string of the molecule is CCC1C(=O)NC(=NCc2ccccc2)NC1=O. The van der Waals surface area contributed by atoms with Gasteiger partial charge in [0.2, 0.25) is 17.8 Å². The van der Waals surface area contributed by atoms with E-state index in [2.05, 4.69) is 15.6 Å². The van der Waals surface area contributed by atoms with Crippen LogP contribution in [0.25, 0.3) is 0 Å². The van der Waals surface area contributed by atoms with Crippen molar-refractivity contribution in [2.75, 3.05) is 0 Å². The van der Waals surface area contributed by atoms with Gasteiger partial charge in [-0.1, -0.05) is 37.3 Å². The normalized spacial score (nSPS) is 19.2. The Labute approximate surface area is 105 Å². The van der Waals surface area contributed by atoms with Crippen LogP contribution in [0.4, 0.5) is 0 Å². The molecular formula is C13H15N3O2. The van der Waals surface area contributed by atoms with Gasteiger partial charge in [0, 0.05) is 0 Å². The number of hydrogen-bond donors (Lipinski definition) is 2. The predicted octanol–water partition coefficient (Wildman–Crippen LogP) is 0.815. The number of carbonyl (C=O) groups is 2. The summed E-state index contributed by atoms with van der Waals surface area (Å²) in [7, 11) is 0. The van der Waals surface area contributed by atoms with Gasteiger partial charge in [-0.2, -0.15) is 0 Å². The van der Waals surface area contributed by atoms with Crippen LogP contribution in [0.3, 0.4) is 0 Å². The highest BCUT2D eigenvalue weighted by Crippen LogP contribution is 2.07. The van der Waals surface area contributed by atoms with E-state index in [-0.39, 0.29) is 17.8 Å². The summed E-state index contributed by atoms with van der Waals surface area (Å²) >= 11 is 0. The molecule has 0 spiro atoms. The van der Waals surface area contributed by atoms with Crippen molar-refractivity contribution < 1.29 is 9.59 Å². The lowest BCUT2D eigenvalue weighted by Gasteiger charge is -2.22. The zero-order valence-electron chi connectivity index (χ0n) is 10.1. The maximum atomic E-state index is 11.6. The molecule has 2 rings (SSSR count). The van der Waals surface area contributed by atoms with E-state index in [4.69, 9.17) is 0 Å². The molecule has 0 radical (unpaired) electrons. The Morgan fingerprint density at radius 3 is 2.28 bits per heavy atom. The van der Waals surface area contributed by atoms with Gasteiger partial charge >= 0.3 is 0 Å². The Bertz CT molecular complexity index is 462. The second-order valence-electron chi connectivity index (χ2n) is 4.09. The summed E-state index contributed by atoms with van der Waals surface area (Å²) in [6.07, 6.45) is 0.490. The first kappa shape index (κ1) is 12.3. The van der Waals surface area contributed by atoms with E-state index in [1.165, 1.54) is 0 Å². The maximum absolute atomic E-state index is 11.6. The fourth-order valence-corrected chi connectivity index (χ4v) is 1.76. The molecule has 94 valence electrons. The lowest BCUT2D eigenvalue weighted by Crippen LogP contribution is -2.56. The van der Waals surface area contributed by atoms with Gasteiger partial charge in [0.15, 0.2) is 0 Å². The zero-order chi connectivity index (χ0) is 13.0. The standard InChI is InChI=1S/C13H15N3O2/c1-2-10-11(17)15-13(16-12(10)18)14-8-9-6-4-3-5-7-9/h3-7,10H,2,8H2,1H3,(H2,14,15,16,17,18). The first-order valence-electron chi connectivity index (χ1n) is 5.91. The molecule has 0 aromatic heterocycles. The average molecular weight is 245 g/mol. The van der Waals surface area contributed by atoms with Crippen LogP contribution in [0, 0.1) is 5.92 Å². The van der Waals surface area contributed by atoms with Gasteiger partial charge in [0.05, 0.1) is 6.54 Å². The van der Waals surface area contributed by atoms with Crippen LogP contribution in [-0.2, 0) is 16.1 Å². The summed E-state index contributed by atoms with van der Waals surface area (Å²) in [5.74, 6) is -0.944. The molecule has 1 aliphatic heterocycles. The summed E-state index contributed by atoms with van der Waals surface area (Å²) in [6.45, 7) is 2.23. The Hall–Kier alpha value is -2.17. The van der Waals surface area contributed by atoms with Crippen LogP contribution in [0.5, 0.6) is 0 Å². The lowest BCUT2D eigenvalue weighted by molar-refractivity contribution is -0.135. The number of nitrogens with one attached hydrogen (secondary N) is 2. The number of benzene rings is 1. The van der Waals surface area contributed by atoms with E-state index in [0.717, 1.165) is 5.56 Å². The number of carbonyl (C=O) groups excluding carboxylic acids is 2. The Kier molecular flexibility index (Phi) is 3.72. The monoisotopic (exact) mass is 245 g/mol. The largest absolute Gasteiger partial charge is 0.296 e. The van der Waals surface area contributed by atoms with Crippen LogP contribution < -0.4 is 10.6 Å². The molecule has 1 aliphatic rings. The average Bonchev–Trinajstić information content (AvgIpc) is 2.37. The molecule has 0 atom stereocenters. The smallest absolute Gasteiger partial charge is 0.239 e. The van der Waals surface area contributed by atoms with Gasteiger partial charge < -0.3 is 0 Å². The third kappa shape index (κ3) is 2.74. The van der Waals surface area contributed by atoms with Crippen LogP contribution >= 0.6 is 0 Å². The highest BCUT2D eigenvalue weighted by atomic mass is 16.2. The quantitative estimate of drug-likeness (QED) is 0.774. The summed E-state index contributed by atoms with van der Waals surface area (Å²) in [5, 5.41) is 5.19. The molecule has 5 heteroatoms. The van der Waals surface area contributed by atoms with Crippen molar-refractivity contribution >= 4 is 17.8 Å². The van der Waals surface area contributed by atoms with Gasteiger partial charge in [-0.15, -0.1) is 0 Å². The fourth-order valence-electron chi connectivity index (χ4n) is 1.76. The van der Waals surface area contributed by atoms with Gasteiger partial charge in [-0.25, -0.2) is 4.99 Å². The van der Waals surface area contributed by atoms with E-state index in [1.807, 2.05) is 30.3 Å². The van der Waals surface area contributed by atoms with Crippen molar-refractivity contribution in [2.24, 2.45) is 10.9 Å². The molecule has 2 N–H and O–H groups in total. The van der Waals surface area contributed by atoms with E-state index in [1.54, 1.807) is 6.92 Å². The molecule has 2 amide bonds. The van der Waals surface area contributed by atoms with Gasteiger partial charge in [-0.05, 0) is 12.0 Å². The second-order valence-corrected chi connectivity index (χ2v) is 4.09. The van der Waals surface area contributed by atoms with E-state index >= 15 is 0 Å². The van der Waals surface area contributed by atoms with Crippen molar-refractivity contribution in [1.29, 1.82) is 0 Å². The molecule has 1 aromatic carbocycles.